The molecule has 0 atom stereocenters. The molecule has 0 aliphatic carbocycles. The number of tetrazole rings is 1. The number of benzene rings is 2. The average Bonchev–Trinajstić information content (AvgIpc) is 3.41. The molecule has 1 N–H and O–H groups in total. The summed E-state index contributed by atoms with van der Waals surface area (Å²) in [6, 6.07) is 18.5. The quantitative estimate of drug-likeness (QED) is 0.450. The summed E-state index contributed by atoms with van der Waals surface area (Å²) in [7, 11) is 0. The van der Waals surface area contributed by atoms with Crippen molar-refractivity contribution in [3.8, 4) is 28.3 Å². The molecule has 2 aromatic heterocycles. The molecule has 174 valence electrons. The van der Waals surface area contributed by atoms with Gasteiger partial charge in [-0.05, 0) is 35.8 Å². The van der Waals surface area contributed by atoms with Crippen molar-refractivity contribution in [2.45, 2.75) is 27.0 Å². The fourth-order valence-electron chi connectivity index (χ4n) is 4.27. The van der Waals surface area contributed by atoms with Crippen LogP contribution in [0.2, 0.25) is 0 Å². The molecule has 8 nitrogen and oxygen atoms in total. The summed E-state index contributed by atoms with van der Waals surface area (Å²) in [5.74, 6) is 1.49. The van der Waals surface area contributed by atoms with E-state index in [9.17, 15) is 0 Å². The summed E-state index contributed by atoms with van der Waals surface area (Å²) < 4.78 is 11.8. The monoisotopic (exact) mass is 456 g/mol. The maximum Gasteiger partial charge on any atom is 0.205 e. The van der Waals surface area contributed by atoms with E-state index in [4.69, 9.17) is 9.47 Å². The SMILES string of the molecule is Cc1cc(OCc2ccc(-c3ccccc3-c3nn[nH]n3)cc2)c(CN2CCOCC2)c(C)n1. The number of aromatic nitrogens is 5. The van der Waals surface area contributed by atoms with E-state index >= 15 is 0 Å². The molecule has 5 rings (SSSR count). The molecule has 1 fully saturated rings. The molecule has 1 aliphatic rings. The predicted molar refractivity (Wildman–Crippen MR) is 129 cm³/mol. The molecule has 3 heterocycles. The van der Waals surface area contributed by atoms with Gasteiger partial charge in [0.15, 0.2) is 0 Å². The van der Waals surface area contributed by atoms with E-state index in [2.05, 4.69) is 67.8 Å². The predicted octanol–water partition coefficient (Wildman–Crippen LogP) is 3.96. The van der Waals surface area contributed by atoms with Crippen LogP contribution in [0, 0.1) is 13.8 Å². The van der Waals surface area contributed by atoms with Crippen LogP contribution < -0.4 is 4.74 Å². The highest BCUT2D eigenvalue weighted by Gasteiger charge is 2.17. The standard InChI is InChI=1S/C26H28N6O2/c1-18-15-25(24(19(2)27-18)16-32-11-13-33-14-12-32)34-17-20-7-9-21(10-8-20)22-5-3-4-6-23(22)26-28-30-31-29-26/h3-10,15H,11-14,16-17H2,1-2H3,(H,28,29,30,31). The van der Waals surface area contributed by atoms with Crippen LogP contribution in [0.25, 0.3) is 22.5 Å². The number of H-pyrrole nitrogens is 1. The molecule has 0 amide bonds. The third-order valence-corrected chi connectivity index (χ3v) is 6.08. The zero-order valence-corrected chi connectivity index (χ0v) is 19.5. The first-order valence-corrected chi connectivity index (χ1v) is 11.5. The zero-order valence-electron chi connectivity index (χ0n) is 19.5. The number of morpholine rings is 1. The molecule has 0 bridgehead atoms. The Bertz CT molecular complexity index is 1230. The number of pyridine rings is 1. The second-order valence-corrected chi connectivity index (χ2v) is 8.48. The van der Waals surface area contributed by atoms with Gasteiger partial charge in [-0.3, -0.25) is 9.88 Å². The molecular formula is C26H28N6O2. The maximum absolute atomic E-state index is 6.32. The van der Waals surface area contributed by atoms with Crippen molar-refractivity contribution in [3.63, 3.8) is 0 Å². The lowest BCUT2D eigenvalue weighted by Crippen LogP contribution is -2.36. The molecule has 1 aliphatic heterocycles. The Balaban J connectivity index is 1.32. The fourth-order valence-corrected chi connectivity index (χ4v) is 4.27. The number of hydrogen-bond acceptors (Lipinski definition) is 7. The molecule has 4 aromatic rings. The highest BCUT2D eigenvalue weighted by atomic mass is 16.5. The molecule has 0 spiro atoms. The fraction of sp³-hybridized carbons (Fsp3) is 0.308. The zero-order chi connectivity index (χ0) is 23.3. The number of nitrogens with one attached hydrogen (secondary N) is 1. The molecule has 1 saturated heterocycles. The third-order valence-electron chi connectivity index (χ3n) is 6.08. The summed E-state index contributed by atoms with van der Waals surface area (Å²) in [5.41, 5.74) is 7.33. The Morgan fingerprint density at radius 3 is 2.50 bits per heavy atom. The van der Waals surface area contributed by atoms with Crippen LogP contribution in [-0.4, -0.2) is 56.8 Å². The Morgan fingerprint density at radius 1 is 1.00 bits per heavy atom. The minimum absolute atomic E-state index is 0.492. The van der Waals surface area contributed by atoms with Crippen molar-refractivity contribution >= 4 is 0 Å². The van der Waals surface area contributed by atoms with Gasteiger partial charge in [-0.2, -0.15) is 5.21 Å². The minimum atomic E-state index is 0.492. The molecule has 2 aromatic carbocycles. The van der Waals surface area contributed by atoms with Gasteiger partial charge in [0.05, 0.1) is 13.2 Å². The first-order chi connectivity index (χ1) is 16.7. The first-order valence-electron chi connectivity index (χ1n) is 11.5. The van der Waals surface area contributed by atoms with Crippen LogP contribution in [0.4, 0.5) is 0 Å². The lowest BCUT2D eigenvalue weighted by molar-refractivity contribution is 0.0336. The van der Waals surface area contributed by atoms with Crippen LogP contribution in [-0.2, 0) is 17.9 Å². The highest BCUT2D eigenvalue weighted by molar-refractivity contribution is 5.80. The van der Waals surface area contributed by atoms with Gasteiger partial charge in [0.2, 0.25) is 5.82 Å². The lowest BCUT2D eigenvalue weighted by Gasteiger charge is -2.28. The largest absolute Gasteiger partial charge is 0.488 e. The lowest BCUT2D eigenvalue weighted by atomic mass is 9.98. The third kappa shape index (κ3) is 4.98. The van der Waals surface area contributed by atoms with E-state index in [0.717, 1.165) is 77.8 Å². The van der Waals surface area contributed by atoms with Gasteiger partial charge < -0.3 is 9.47 Å². The van der Waals surface area contributed by atoms with Crippen LogP contribution >= 0.6 is 0 Å². The Hall–Kier alpha value is -3.62. The van der Waals surface area contributed by atoms with Gasteiger partial charge in [0.25, 0.3) is 0 Å². The normalized spacial score (nSPS) is 14.3. The van der Waals surface area contributed by atoms with Gasteiger partial charge in [0, 0.05) is 48.2 Å². The second kappa shape index (κ2) is 10.1. The van der Waals surface area contributed by atoms with Crippen molar-refractivity contribution in [1.29, 1.82) is 0 Å². The number of ether oxygens (including phenoxy) is 2. The number of aryl methyl sites for hydroxylation is 2. The van der Waals surface area contributed by atoms with Crippen LogP contribution in [0.1, 0.15) is 22.5 Å². The molecular weight excluding hydrogens is 428 g/mol. The van der Waals surface area contributed by atoms with Gasteiger partial charge in [-0.1, -0.05) is 48.5 Å². The number of aromatic amines is 1. The second-order valence-electron chi connectivity index (χ2n) is 8.48. The van der Waals surface area contributed by atoms with Gasteiger partial charge in [-0.25, -0.2) is 0 Å². The molecule has 0 unspecified atom stereocenters. The Kier molecular flexibility index (Phi) is 6.60. The van der Waals surface area contributed by atoms with Crippen molar-refractivity contribution in [2.75, 3.05) is 26.3 Å². The molecule has 8 heteroatoms. The van der Waals surface area contributed by atoms with E-state index in [1.807, 2.05) is 31.2 Å². The molecule has 0 saturated carbocycles. The van der Waals surface area contributed by atoms with Gasteiger partial charge in [0.1, 0.15) is 12.4 Å². The smallest absolute Gasteiger partial charge is 0.205 e. The molecule has 0 radical (unpaired) electrons. The van der Waals surface area contributed by atoms with Crippen molar-refractivity contribution in [2.24, 2.45) is 0 Å². The van der Waals surface area contributed by atoms with E-state index in [1.54, 1.807) is 0 Å². The van der Waals surface area contributed by atoms with Crippen molar-refractivity contribution < 1.29 is 9.47 Å². The Labute approximate surface area is 198 Å². The first kappa shape index (κ1) is 22.2. The summed E-state index contributed by atoms with van der Waals surface area (Å²) in [4.78, 5) is 7.07. The summed E-state index contributed by atoms with van der Waals surface area (Å²) in [5, 5.41) is 14.5. The van der Waals surface area contributed by atoms with Crippen molar-refractivity contribution in [3.05, 3.63) is 77.1 Å². The number of hydrogen-bond donors (Lipinski definition) is 1. The highest BCUT2D eigenvalue weighted by Crippen LogP contribution is 2.30. The summed E-state index contributed by atoms with van der Waals surface area (Å²) in [6.45, 7) is 8.79. The Morgan fingerprint density at radius 2 is 1.76 bits per heavy atom. The van der Waals surface area contributed by atoms with Crippen molar-refractivity contribution in [1.82, 2.24) is 30.5 Å². The number of rotatable bonds is 7. The van der Waals surface area contributed by atoms with E-state index < -0.39 is 0 Å². The van der Waals surface area contributed by atoms with Gasteiger partial charge in [-0.15, -0.1) is 10.2 Å². The summed E-state index contributed by atoms with van der Waals surface area (Å²) in [6.07, 6.45) is 0. The minimum Gasteiger partial charge on any atom is -0.488 e. The van der Waals surface area contributed by atoms with Crippen LogP contribution in [0.5, 0.6) is 5.75 Å². The van der Waals surface area contributed by atoms with Crippen LogP contribution in [0.3, 0.4) is 0 Å². The molecule has 34 heavy (non-hydrogen) atoms. The maximum atomic E-state index is 6.32. The summed E-state index contributed by atoms with van der Waals surface area (Å²) >= 11 is 0. The number of nitrogens with zero attached hydrogens (tertiary/aromatic N) is 5. The van der Waals surface area contributed by atoms with E-state index in [1.165, 1.54) is 0 Å². The van der Waals surface area contributed by atoms with E-state index in [0.29, 0.717) is 12.4 Å². The topological polar surface area (TPSA) is 89.1 Å². The van der Waals surface area contributed by atoms with Crippen LogP contribution in [0.15, 0.2) is 54.6 Å². The average molecular weight is 457 g/mol. The van der Waals surface area contributed by atoms with E-state index in [-0.39, 0.29) is 0 Å². The van der Waals surface area contributed by atoms with Gasteiger partial charge >= 0.3 is 0 Å².